The molecule has 2 N–H and O–H groups in total. The third-order valence-corrected chi connectivity index (χ3v) is 4.18. The standard InChI is InChI=1S/C19H19N3O4/c1-12(14-4-3-5-16(10-14)26-2)20-18(24)13-6-8-15(9-7-13)22-11-17(23)21-19(22)25/h3-10,12H,11H2,1-2H3,(H,20,24)(H,21,23,25)/t12-/m1/s1. The molecule has 1 fully saturated rings. The molecule has 7 heteroatoms. The van der Waals surface area contributed by atoms with Gasteiger partial charge in [-0.1, -0.05) is 12.1 Å². The molecule has 0 aromatic heterocycles. The van der Waals surface area contributed by atoms with Crippen molar-refractivity contribution in [1.82, 2.24) is 10.6 Å². The second-order valence-corrected chi connectivity index (χ2v) is 5.96. The molecule has 1 aliphatic rings. The van der Waals surface area contributed by atoms with Gasteiger partial charge in [-0.25, -0.2) is 4.79 Å². The van der Waals surface area contributed by atoms with Gasteiger partial charge < -0.3 is 10.1 Å². The highest BCUT2D eigenvalue weighted by Crippen LogP contribution is 2.20. The van der Waals surface area contributed by atoms with Gasteiger partial charge in [-0.05, 0) is 48.9 Å². The van der Waals surface area contributed by atoms with Crippen LogP contribution >= 0.6 is 0 Å². The number of hydrogen-bond acceptors (Lipinski definition) is 4. The summed E-state index contributed by atoms with van der Waals surface area (Å²) in [5.41, 5.74) is 1.96. The molecule has 7 nitrogen and oxygen atoms in total. The van der Waals surface area contributed by atoms with Crippen LogP contribution in [0.15, 0.2) is 48.5 Å². The van der Waals surface area contributed by atoms with Gasteiger partial charge in [0.15, 0.2) is 0 Å². The molecule has 2 aromatic rings. The highest BCUT2D eigenvalue weighted by molar-refractivity contribution is 6.12. The molecule has 1 atom stereocenters. The number of carbonyl (C=O) groups is 3. The number of ether oxygens (including phenoxy) is 1. The van der Waals surface area contributed by atoms with Gasteiger partial charge in [0.05, 0.1) is 13.2 Å². The van der Waals surface area contributed by atoms with E-state index in [4.69, 9.17) is 4.74 Å². The molecule has 0 radical (unpaired) electrons. The maximum atomic E-state index is 12.4. The van der Waals surface area contributed by atoms with Crippen molar-refractivity contribution < 1.29 is 19.1 Å². The Hall–Kier alpha value is -3.35. The number of carbonyl (C=O) groups excluding carboxylic acids is 3. The van der Waals surface area contributed by atoms with E-state index in [0.29, 0.717) is 11.3 Å². The van der Waals surface area contributed by atoms with Gasteiger partial charge >= 0.3 is 6.03 Å². The van der Waals surface area contributed by atoms with Crippen molar-refractivity contribution in [3.05, 3.63) is 59.7 Å². The van der Waals surface area contributed by atoms with Crippen molar-refractivity contribution >= 4 is 23.5 Å². The second kappa shape index (κ2) is 7.26. The predicted octanol–water partition coefficient (Wildman–Crippen LogP) is 2.24. The summed E-state index contributed by atoms with van der Waals surface area (Å²) in [5, 5.41) is 5.14. The van der Waals surface area contributed by atoms with E-state index in [1.165, 1.54) is 4.90 Å². The Balaban J connectivity index is 1.68. The van der Waals surface area contributed by atoms with Crippen LogP contribution in [0.3, 0.4) is 0 Å². The molecule has 0 saturated carbocycles. The largest absolute Gasteiger partial charge is 0.497 e. The molecule has 1 aliphatic heterocycles. The fourth-order valence-electron chi connectivity index (χ4n) is 2.72. The number of rotatable bonds is 5. The van der Waals surface area contributed by atoms with Crippen LogP contribution in [0, 0.1) is 0 Å². The van der Waals surface area contributed by atoms with E-state index in [9.17, 15) is 14.4 Å². The molecule has 1 heterocycles. The fourth-order valence-corrected chi connectivity index (χ4v) is 2.72. The average molecular weight is 353 g/mol. The number of imide groups is 1. The first-order chi connectivity index (χ1) is 12.5. The van der Waals surface area contributed by atoms with E-state index >= 15 is 0 Å². The van der Waals surface area contributed by atoms with Gasteiger partial charge in [0.1, 0.15) is 12.3 Å². The lowest BCUT2D eigenvalue weighted by atomic mass is 10.1. The van der Waals surface area contributed by atoms with Crippen LogP contribution in [0.5, 0.6) is 5.75 Å². The van der Waals surface area contributed by atoms with Crippen molar-refractivity contribution in [2.45, 2.75) is 13.0 Å². The van der Waals surface area contributed by atoms with Crippen LogP contribution in [0.4, 0.5) is 10.5 Å². The third kappa shape index (κ3) is 3.66. The quantitative estimate of drug-likeness (QED) is 0.807. The number of hydrogen-bond donors (Lipinski definition) is 2. The Morgan fingerprint density at radius 3 is 2.54 bits per heavy atom. The molecule has 4 amide bonds. The van der Waals surface area contributed by atoms with E-state index in [2.05, 4.69) is 10.6 Å². The predicted molar refractivity (Wildman–Crippen MR) is 96.2 cm³/mol. The summed E-state index contributed by atoms with van der Waals surface area (Å²) in [5.74, 6) is 0.157. The van der Waals surface area contributed by atoms with Crippen LogP contribution in [0.1, 0.15) is 28.9 Å². The molecule has 134 valence electrons. The van der Waals surface area contributed by atoms with Crippen LogP contribution in [0.2, 0.25) is 0 Å². The van der Waals surface area contributed by atoms with Gasteiger partial charge in [-0.3, -0.25) is 19.8 Å². The summed E-state index contributed by atoms with van der Waals surface area (Å²) in [6.07, 6.45) is 0. The Labute approximate surface area is 150 Å². The van der Waals surface area contributed by atoms with E-state index in [1.807, 2.05) is 31.2 Å². The molecule has 26 heavy (non-hydrogen) atoms. The Morgan fingerprint density at radius 2 is 1.92 bits per heavy atom. The first-order valence-corrected chi connectivity index (χ1v) is 8.14. The molecule has 1 saturated heterocycles. The first-order valence-electron chi connectivity index (χ1n) is 8.14. The molecular weight excluding hydrogens is 334 g/mol. The number of benzene rings is 2. The molecule has 0 spiro atoms. The number of urea groups is 1. The molecule has 0 unspecified atom stereocenters. The van der Waals surface area contributed by atoms with Gasteiger partial charge in [0, 0.05) is 11.3 Å². The van der Waals surface area contributed by atoms with E-state index in [-0.39, 0.29) is 24.4 Å². The van der Waals surface area contributed by atoms with Crippen molar-refractivity contribution in [2.75, 3.05) is 18.6 Å². The van der Waals surface area contributed by atoms with Crippen molar-refractivity contribution in [2.24, 2.45) is 0 Å². The summed E-state index contributed by atoms with van der Waals surface area (Å²) in [6, 6.07) is 13.4. The lowest BCUT2D eigenvalue weighted by Gasteiger charge is -2.16. The zero-order valence-electron chi connectivity index (χ0n) is 14.5. The van der Waals surface area contributed by atoms with E-state index in [0.717, 1.165) is 11.3 Å². The van der Waals surface area contributed by atoms with Crippen LogP contribution in [-0.4, -0.2) is 31.5 Å². The number of nitrogens with zero attached hydrogens (tertiary/aromatic N) is 1. The van der Waals surface area contributed by atoms with Gasteiger partial charge in [0.25, 0.3) is 5.91 Å². The number of methoxy groups -OCH3 is 1. The van der Waals surface area contributed by atoms with E-state index in [1.54, 1.807) is 31.4 Å². The molecule has 0 bridgehead atoms. The van der Waals surface area contributed by atoms with Gasteiger partial charge in [-0.15, -0.1) is 0 Å². The number of anilines is 1. The maximum Gasteiger partial charge on any atom is 0.329 e. The minimum absolute atomic E-state index is 0.0166. The molecule has 3 rings (SSSR count). The van der Waals surface area contributed by atoms with Crippen LogP contribution in [-0.2, 0) is 4.79 Å². The fraction of sp³-hybridized carbons (Fsp3) is 0.211. The van der Waals surface area contributed by atoms with Crippen LogP contribution < -0.4 is 20.3 Å². The zero-order chi connectivity index (χ0) is 18.7. The van der Waals surface area contributed by atoms with Crippen molar-refractivity contribution in [1.29, 1.82) is 0 Å². The summed E-state index contributed by atoms with van der Waals surface area (Å²) in [7, 11) is 1.60. The van der Waals surface area contributed by atoms with Crippen LogP contribution in [0.25, 0.3) is 0 Å². The number of amides is 4. The minimum atomic E-state index is -0.459. The van der Waals surface area contributed by atoms with E-state index < -0.39 is 6.03 Å². The summed E-state index contributed by atoms with van der Waals surface area (Å²) < 4.78 is 5.20. The van der Waals surface area contributed by atoms with Crippen molar-refractivity contribution in [3.8, 4) is 5.75 Å². The highest BCUT2D eigenvalue weighted by atomic mass is 16.5. The first kappa shape index (κ1) is 17.5. The highest BCUT2D eigenvalue weighted by Gasteiger charge is 2.27. The average Bonchev–Trinajstić information content (AvgIpc) is 3.00. The summed E-state index contributed by atoms with van der Waals surface area (Å²) in [4.78, 5) is 36.7. The molecular formula is C19H19N3O4. The topological polar surface area (TPSA) is 87.7 Å². The zero-order valence-corrected chi connectivity index (χ0v) is 14.5. The molecule has 2 aromatic carbocycles. The number of nitrogens with one attached hydrogen (secondary N) is 2. The molecule has 0 aliphatic carbocycles. The van der Waals surface area contributed by atoms with Gasteiger partial charge in [0.2, 0.25) is 5.91 Å². The summed E-state index contributed by atoms with van der Waals surface area (Å²) >= 11 is 0. The lowest BCUT2D eigenvalue weighted by molar-refractivity contribution is -0.117. The van der Waals surface area contributed by atoms with Crippen molar-refractivity contribution in [3.63, 3.8) is 0 Å². The lowest BCUT2D eigenvalue weighted by Crippen LogP contribution is -2.28. The third-order valence-electron chi connectivity index (χ3n) is 4.18. The Morgan fingerprint density at radius 1 is 1.19 bits per heavy atom. The Bertz CT molecular complexity index is 848. The Kier molecular flexibility index (Phi) is 4.88. The monoisotopic (exact) mass is 353 g/mol. The normalized spacial score (nSPS) is 14.8. The summed E-state index contributed by atoms with van der Waals surface area (Å²) in [6.45, 7) is 1.87. The SMILES string of the molecule is COc1cccc([C@@H](C)NC(=O)c2ccc(N3CC(=O)NC3=O)cc2)c1. The maximum absolute atomic E-state index is 12.4. The smallest absolute Gasteiger partial charge is 0.329 e. The minimum Gasteiger partial charge on any atom is -0.497 e. The second-order valence-electron chi connectivity index (χ2n) is 5.96. The van der Waals surface area contributed by atoms with Gasteiger partial charge in [-0.2, -0.15) is 0 Å².